The Balaban J connectivity index is 2.24. The van der Waals surface area contributed by atoms with Gasteiger partial charge in [-0.2, -0.15) is 9.40 Å². The van der Waals surface area contributed by atoms with E-state index in [1.807, 2.05) is 6.07 Å². The molecule has 0 saturated heterocycles. The minimum absolute atomic E-state index is 0.0173. The van der Waals surface area contributed by atoms with Crippen LogP contribution in [0, 0.1) is 0 Å². The monoisotopic (exact) mass is 499 g/mol. The second-order valence-electron chi connectivity index (χ2n) is 7.37. The Morgan fingerprint density at radius 1 is 0.857 bits per heavy atom. The second kappa shape index (κ2) is 11.3. The fourth-order valence-corrected chi connectivity index (χ4v) is 5.14. The van der Waals surface area contributed by atoms with Gasteiger partial charge in [-0.1, -0.05) is 44.2 Å². The summed E-state index contributed by atoms with van der Waals surface area (Å²) in [6.07, 6.45) is 0. The van der Waals surface area contributed by atoms with Gasteiger partial charge in [0.2, 0.25) is 10.0 Å². The third-order valence-corrected chi connectivity index (χ3v) is 7.37. The Kier molecular flexibility index (Phi) is 8.42. The average molecular weight is 500 g/mol. The molecule has 0 aliphatic carbocycles. The van der Waals surface area contributed by atoms with Crippen LogP contribution in [0.15, 0.2) is 59.5 Å². The van der Waals surface area contributed by atoms with Gasteiger partial charge < -0.3 is 9.47 Å². The highest BCUT2D eigenvalue weighted by molar-refractivity contribution is 7.89. The highest BCUT2D eigenvalue weighted by Gasteiger charge is 2.31. The molecule has 0 spiro atoms. The van der Waals surface area contributed by atoms with E-state index in [0.29, 0.717) is 30.0 Å². The molecule has 3 aromatic rings. The van der Waals surface area contributed by atoms with Gasteiger partial charge >= 0.3 is 11.9 Å². The zero-order valence-electron chi connectivity index (χ0n) is 20.2. The lowest BCUT2D eigenvalue weighted by Gasteiger charge is -2.18. The van der Waals surface area contributed by atoms with Gasteiger partial charge in [0.25, 0.3) is 0 Å². The number of benzene rings is 2. The van der Waals surface area contributed by atoms with E-state index in [2.05, 4.69) is 5.10 Å². The van der Waals surface area contributed by atoms with Gasteiger partial charge in [0.15, 0.2) is 5.69 Å². The molecule has 10 heteroatoms. The molecular formula is C25H29N3O6S. The maximum Gasteiger partial charge on any atom is 0.359 e. The fourth-order valence-electron chi connectivity index (χ4n) is 3.68. The van der Waals surface area contributed by atoms with Crippen LogP contribution in [-0.4, -0.2) is 60.7 Å². The van der Waals surface area contributed by atoms with Crippen molar-refractivity contribution < 1.29 is 27.5 Å². The highest BCUT2D eigenvalue weighted by Crippen LogP contribution is 2.31. The van der Waals surface area contributed by atoms with Crippen LogP contribution in [0.4, 0.5) is 0 Å². The lowest BCUT2D eigenvalue weighted by molar-refractivity contribution is 0.0476. The standard InChI is InChI=1S/C25H29N3O6S/c1-5-27(6-2)35(31,32)20-16-14-19(15-17-20)28-23(18-12-10-9-11-13-18)21(24(29)33-7-3)22(26-28)25(30)34-8-4/h9-17H,5-8H2,1-4H3. The number of aromatic nitrogens is 2. The van der Waals surface area contributed by atoms with Crippen LogP contribution in [0.5, 0.6) is 0 Å². The molecule has 0 N–H and O–H groups in total. The smallest absolute Gasteiger partial charge is 0.359 e. The van der Waals surface area contributed by atoms with Crippen LogP contribution in [0.1, 0.15) is 48.5 Å². The molecule has 9 nitrogen and oxygen atoms in total. The number of hydrogen-bond acceptors (Lipinski definition) is 7. The van der Waals surface area contributed by atoms with Crippen LogP contribution in [0.3, 0.4) is 0 Å². The Bertz CT molecular complexity index is 1280. The van der Waals surface area contributed by atoms with E-state index in [1.54, 1.807) is 64.1 Å². The molecule has 0 amide bonds. The molecule has 1 heterocycles. The number of carbonyl (C=O) groups excluding carboxylic acids is 2. The van der Waals surface area contributed by atoms with Gasteiger partial charge in [-0.15, -0.1) is 0 Å². The predicted molar refractivity (Wildman–Crippen MR) is 131 cm³/mol. The molecule has 0 atom stereocenters. The molecule has 0 fully saturated rings. The summed E-state index contributed by atoms with van der Waals surface area (Å²) in [6, 6.07) is 15.1. The lowest BCUT2D eigenvalue weighted by Crippen LogP contribution is -2.30. The van der Waals surface area contributed by atoms with Crippen molar-refractivity contribution in [2.45, 2.75) is 32.6 Å². The zero-order chi connectivity index (χ0) is 25.6. The number of rotatable bonds is 10. The number of carbonyl (C=O) groups is 2. The van der Waals surface area contributed by atoms with Crippen LogP contribution in [0.25, 0.3) is 16.9 Å². The molecule has 186 valence electrons. The Morgan fingerprint density at radius 3 is 1.97 bits per heavy atom. The summed E-state index contributed by atoms with van der Waals surface area (Å²) in [7, 11) is -3.65. The molecule has 0 radical (unpaired) electrons. The van der Waals surface area contributed by atoms with Crippen molar-refractivity contribution in [3.63, 3.8) is 0 Å². The largest absolute Gasteiger partial charge is 0.462 e. The molecule has 0 saturated carbocycles. The predicted octanol–water partition coefficient (Wildman–Crippen LogP) is 3.92. The summed E-state index contributed by atoms with van der Waals surface area (Å²) >= 11 is 0. The first kappa shape index (κ1) is 26.1. The molecule has 1 aromatic heterocycles. The first-order valence-corrected chi connectivity index (χ1v) is 12.9. The van der Waals surface area contributed by atoms with E-state index in [1.165, 1.54) is 21.1 Å². The van der Waals surface area contributed by atoms with E-state index in [-0.39, 0.29) is 29.4 Å². The molecule has 2 aromatic carbocycles. The van der Waals surface area contributed by atoms with Gasteiger partial charge in [0.1, 0.15) is 5.56 Å². The molecule has 0 aliphatic heterocycles. The van der Waals surface area contributed by atoms with Crippen molar-refractivity contribution in [1.82, 2.24) is 14.1 Å². The van der Waals surface area contributed by atoms with Gasteiger partial charge in [-0.05, 0) is 38.1 Å². The molecule has 0 aliphatic rings. The molecule has 35 heavy (non-hydrogen) atoms. The summed E-state index contributed by atoms with van der Waals surface area (Å²) < 4.78 is 39.0. The van der Waals surface area contributed by atoms with Crippen molar-refractivity contribution in [3.8, 4) is 16.9 Å². The van der Waals surface area contributed by atoms with Gasteiger partial charge in [-0.3, -0.25) is 0 Å². The van der Waals surface area contributed by atoms with Gasteiger partial charge in [0.05, 0.1) is 29.5 Å². The second-order valence-corrected chi connectivity index (χ2v) is 9.31. The summed E-state index contributed by atoms with van der Waals surface area (Å²) in [4.78, 5) is 25.8. The first-order chi connectivity index (χ1) is 16.8. The number of nitrogens with zero attached hydrogens (tertiary/aromatic N) is 3. The minimum Gasteiger partial charge on any atom is -0.462 e. The summed E-state index contributed by atoms with van der Waals surface area (Å²) in [6.45, 7) is 7.80. The molecule has 0 bridgehead atoms. The number of esters is 2. The van der Waals surface area contributed by atoms with E-state index in [9.17, 15) is 18.0 Å². The summed E-state index contributed by atoms with van der Waals surface area (Å²) in [5.74, 6) is -1.46. The van der Waals surface area contributed by atoms with Crippen molar-refractivity contribution in [1.29, 1.82) is 0 Å². The van der Waals surface area contributed by atoms with Crippen LogP contribution in [-0.2, 0) is 19.5 Å². The minimum atomic E-state index is -3.65. The maximum absolute atomic E-state index is 13.0. The molecular weight excluding hydrogens is 470 g/mol. The third kappa shape index (κ3) is 5.28. The third-order valence-electron chi connectivity index (χ3n) is 5.31. The fraction of sp³-hybridized carbons (Fsp3) is 0.320. The topological polar surface area (TPSA) is 108 Å². The summed E-state index contributed by atoms with van der Waals surface area (Å²) in [5.41, 5.74) is 1.23. The normalized spacial score (nSPS) is 11.5. The Hall–Kier alpha value is -3.50. The van der Waals surface area contributed by atoms with Crippen LogP contribution < -0.4 is 0 Å². The number of hydrogen-bond donors (Lipinski definition) is 0. The first-order valence-electron chi connectivity index (χ1n) is 11.4. The van der Waals surface area contributed by atoms with Gasteiger partial charge in [-0.25, -0.2) is 22.7 Å². The maximum atomic E-state index is 13.0. The quantitative estimate of drug-likeness (QED) is 0.389. The molecule has 3 rings (SSSR count). The van der Waals surface area contributed by atoms with Crippen LogP contribution in [0.2, 0.25) is 0 Å². The van der Waals surface area contributed by atoms with Crippen LogP contribution >= 0.6 is 0 Å². The Labute approximate surface area is 205 Å². The summed E-state index contributed by atoms with van der Waals surface area (Å²) in [5, 5.41) is 4.42. The number of sulfonamides is 1. The van der Waals surface area contributed by atoms with Crippen molar-refractivity contribution in [3.05, 3.63) is 65.9 Å². The number of ether oxygens (including phenoxy) is 2. The van der Waals surface area contributed by atoms with E-state index in [4.69, 9.17) is 9.47 Å². The lowest BCUT2D eigenvalue weighted by atomic mass is 10.1. The highest BCUT2D eigenvalue weighted by atomic mass is 32.2. The van der Waals surface area contributed by atoms with Crippen molar-refractivity contribution in [2.75, 3.05) is 26.3 Å². The van der Waals surface area contributed by atoms with E-state index < -0.39 is 22.0 Å². The SMILES string of the molecule is CCOC(=O)c1nn(-c2ccc(S(=O)(=O)N(CC)CC)cc2)c(-c2ccccc2)c1C(=O)OCC. The van der Waals surface area contributed by atoms with Gasteiger partial charge in [0, 0.05) is 18.7 Å². The molecule has 0 unspecified atom stereocenters. The van der Waals surface area contributed by atoms with Crippen molar-refractivity contribution >= 4 is 22.0 Å². The van der Waals surface area contributed by atoms with E-state index in [0.717, 1.165) is 0 Å². The van der Waals surface area contributed by atoms with E-state index >= 15 is 0 Å². The zero-order valence-corrected chi connectivity index (χ0v) is 21.0. The van der Waals surface area contributed by atoms with Crippen molar-refractivity contribution in [2.24, 2.45) is 0 Å². The average Bonchev–Trinajstić information content (AvgIpc) is 3.26. The Morgan fingerprint density at radius 2 is 1.43 bits per heavy atom.